The minimum Gasteiger partial charge on any atom is -0.340 e. The minimum atomic E-state index is 0.0221. The largest absolute Gasteiger partial charge is 0.340 e. The number of carbonyl (C=O) groups is 1. The molecule has 6 nitrogen and oxygen atoms in total. The smallest absolute Gasteiger partial charge is 0.232 e. The molecule has 0 spiro atoms. The first-order chi connectivity index (χ1) is 11.2. The number of rotatable bonds is 2. The van der Waals surface area contributed by atoms with Crippen molar-refractivity contribution >= 4 is 17.5 Å². The molecule has 4 heterocycles. The van der Waals surface area contributed by atoms with Crippen LogP contribution < -0.4 is 9.80 Å². The lowest BCUT2D eigenvalue weighted by atomic mass is 9.88. The van der Waals surface area contributed by atoms with Gasteiger partial charge in [0, 0.05) is 38.2 Å². The number of hydrogen-bond acceptors (Lipinski definition) is 5. The van der Waals surface area contributed by atoms with E-state index in [1.165, 1.54) is 0 Å². The van der Waals surface area contributed by atoms with Crippen molar-refractivity contribution < 1.29 is 4.79 Å². The van der Waals surface area contributed by atoms with Crippen LogP contribution in [0.15, 0.2) is 36.9 Å². The number of amides is 1. The van der Waals surface area contributed by atoms with Crippen LogP contribution in [0.1, 0.15) is 12.0 Å². The molecule has 0 aromatic carbocycles. The summed E-state index contributed by atoms with van der Waals surface area (Å²) in [5, 5.41) is 0. The lowest BCUT2D eigenvalue weighted by Gasteiger charge is -2.33. The highest BCUT2D eigenvalue weighted by atomic mass is 16.2. The summed E-state index contributed by atoms with van der Waals surface area (Å²) in [6.45, 7) is 4.29. The highest BCUT2D eigenvalue weighted by Crippen LogP contribution is 2.35. The van der Waals surface area contributed by atoms with Crippen LogP contribution in [0, 0.1) is 18.8 Å². The average molecular weight is 309 g/mol. The summed E-state index contributed by atoms with van der Waals surface area (Å²) in [7, 11) is 0. The number of piperidine rings is 1. The van der Waals surface area contributed by atoms with Gasteiger partial charge >= 0.3 is 0 Å². The van der Waals surface area contributed by atoms with Crippen molar-refractivity contribution in [1.82, 2.24) is 15.0 Å². The molecule has 2 aliphatic heterocycles. The van der Waals surface area contributed by atoms with Gasteiger partial charge in [0.2, 0.25) is 11.9 Å². The molecular weight excluding hydrogens is 290 g/mol. The maximum atomic E-state index is 12.9. The average Bonchev–Trinajstić information content (AvgIpc) is 3.02. The van der Waals surface area contributed by atoms with Crippen molar-refractivity contribution in [3.8, 4) is 0 Å². The Morgan fingerprint density at radius 2 is 2.00 bits per heavy atom. The Labute approximate surface area is 135 Å². The normalized spacial score (nSPS) is 24.0. The molecule has 2 aromatic heterocycles. The molecule has 118 valence electrons. The molecule has 2 aromatic rings. The van der Waals surface area contributed by atoms with E-state index in [0.29, 0.717) is 12.5 Å². The molecular formula is C17H19N5O. The van der Waals surface area contributed by atoms with Gasteiger partial charge in [-0.3, -0.25) is 9.78 Å². The first kappa shape index (κ1) is 14.1. The van der Waals surface area contributed by atoms with Crippen LogP contribution >= 0.6 is 0 Å². The molecule has 4 rings (SSSR count). The summed E-state index contributed by atoms with van der Waals surface area (Å²) in [4.78, 5) is 29.8. The number of nitrogens with zero attached hydrogens (tertiary/aromatic N) is 5. The molecule has 2 fully saturated rings. The zero-order valence-electron chi connectivity index (χ0n) is 13.1. The third-order valence-corrected chi connectivity index (χ3v) is 4.76. The number of aromatic nitrogens is 3. The van der Waals surface area contributed by atoms with Gasteiger partial charge in [-0.15, -0.1) is 0 Å². The summed E-state index contributed by atoms with van der Waals surface area (Å²) in [5.74, 6) is 1.34. The van der Waals surface area contributed by atoms with E-state index >= 15 is 0 Å². The molecule has 2 aliphatic rings. The van der Waals surface area contributed by atoms with Crippen molar-refractivity contribution in [3.63, 3.8) is 0 Å². The molecule has 6 heteroatoms. The lowest BCUT2D eigenvalue weighted by Crippen LogP contribution is -2.45. The van der Waals surface area contributed by atoms with Gasteiger partial charge in [0.15, 0.2) is 0 Å². The quantitative estimate of drug-likeness (QED) is 0.844. The van der Waals surface area contributed by atoms with Crippen LogP contribution in [0.3, 0.4) is 0 Å². The molecule has 0 N–H and O–H groups in total. The Balaban J connectivity index is 1.53. The molecule has 0 bridgehead atoms. The monoisotopic (exact) mass is 309 g/mol. The zero-order chi connectivity index (χ0) is 15.8. The predicted molar refractivity (Wildman–Crippen MR) is 87.2 cm³/mol. The van der Waals surface area contributed by atoms with E-state index in [-0.39, 0.29) is 11.8 Å². The van der Waals surface area contributed by atoms with Crippen molar-refractivity contribution in [3.05, 3.63) is 42.5 Å². The second-order valence-electron chi connectivity index (χ2n) is 6.32. The van der Waals surface area contributed by atoms with E-state index in [0.717, 1.165) is 36.7 Å². The Bertz CT molecular complexity index is 703. The zero-order valence-corrected chi connectivity index (χ0v) is 13.1. The van der Waals surface area contributed by atoms with Crippen LogP contribution in [0.25, 0.3) is 0 Å². The highest BCUT2D eigenvalue weighted by Gasteiger charge is 2.43. The van der Waals surface area contributed by atoms with Crippen molar-refractivity contribution in [1.29, 1.82) is 0 Å². The predicted octanol–water partition coefficient (Wildman–Crippen LogP) is 1.67. The molecule has 23 heavy (non-hydrogen) atoms. The van der Waals surface area contributed by atoms with Gasteiger partial charge in [0.1, 0.15) is 0 Å². The molecule has 0 aliphatic carbocycles. The fourth-order valence-corrected chi connectivity index (χ4v) is 3.53. The molecule has 0 unspecified atom stereocenters. The lowest BCUT2D eigenvalue weighted by molar-refractivity contribution is -0.124. The molecule has 2 atom stereocenters. The highest BCUT2D eigenvalue weighted by molar-refractivity contribution is 5.96. The van der Waals surface area contributed by atoms with Crippen LogP contribution in [0.5, 0.6) is 0 Å². The minimum absolute atomic E-state index is 0.0221. The van der Waals surface area contributed by atoms with Crippen molar-refractivity contribution in [2.24, 2.45) is 11.8 Å². The van der Waals surface area contributed by atoms with E-state index in [4.69, 9.17) is 0 Å². The number of fused-ring (bicyclic) bond motifs is 1. The number of hydrogen-bond donors (Lipinski definition) is 0. The van der Waals surface area contributed by atoms with Gasteiger partial charge in [-0.1, -0.05) is 0 Å². The number of anilines is 2. The van der Waals surface area contributed by atoms with E-state index in [1.54, 1.807) is 12.4 Å². The standard InChI is InChI=1S/C17H19N5O/c1-12-7-19-17(20-8-12)21-10-13-4-6-22(16(23)15(13)11-21)14-3-2-5-18-9-14/h2-3,5,7-9,13,15H,4,6,10-11H2,1H3/t13-,15-/m1/s1. The van der Waals surface area contributed by atoms with Crippen LogP contribution in [0.4, 0.5) is 11.6 Å². The first-order valence-corrected chi connectivity index (χ1v) is 7.97. The van der Waals surface area contributed by atoms with Crippen molar-refractivity contribution in [2.75, 3.05) is 29.4 Å². The van der Waals surface area contributed by atoms with Crippen LogP contribution in [-0.2, 0) is 4.79 Å². The third kappa shape index (κ3) is 2.54. The first-order valence-electron chi connectivity index (χ1n) is 7.97. The summed E-state index contributed by atoms with van der Waals surface area (Å²) in [6, 6.07) is 3.82. The van der Waals surface area contributed by atoms with Crippen LogP contribution in [-0.4, -0.2) is 40.5 Å². The SMILES string of the molecule is Cc1cnc(N2C[C@H]3CCN(c4cccnc4)C(=O)[C@@H]3C2)nc1. The topological polar surface area (TPSA) is 62.2 Å². The van der Waals surface area contributed by atoms with E-state index in [9.17, 15) is 4.79 Å². The summed E-state index contributed by atoms with van der Waals surface area (Å²) in [6.07, 6.45) is 8.15. The summed E-state index contributed by atoms with van der Waals surface area (Å²) >= 11 is 0. The van der Waals surface area contributed by atoms with Gasteiger partial charge in [-0.25, -0.2) is 9.97 Å². The molecule has 1 amide bonds. The summed E-state index contributed by atoms with van der Waals surface area (Å²) < 4.78 is 0. The Morgan fingerprint density at radius 3 is 2.74 bits per heavy atom. The molecule has 0 saturated carbocycles. The van der Waals surface area contributed by atoms with Gasteiger partial charge in [0.05, 0.1) is 17.8 Å². The number of carbonyl (C=O) groups excluding carboxylic acids is 1. The van der Waals surface area contributed by atoms with Gasteiger partial charge < -0.3 is 9.80 Å². The van der Waals surface area contributed by atoms with Crippen LogP contribution in [0.2, 0.25) is 0 Å². The Morgan fingerprint density at radius 1 is 1.17 bits per heavy atom. The number of pyridine rings is 1. The van der Waals surface area contributed by atoms with Gasteiger partial charge in [-0.2, -0.15) is 0 Å². The number of aryl methyl sites for hydroxylation is 1. The Kier molecular flexibility index (Phi) is 3.44. The second kappa shape index (κ2) is 5.61. The Hall–Kier alpha value is -2.50. The fourth-order valence-electron chi connectivity index (χ4n) is 3.53. The third-order valence-electron chi connectivity index (χ3n) is 4.76. The maximum Gasteiger partial charge on any atom is 0.232 e. The molecule has 2 saturated heterocycles. The van der Waals surface area contributed by atoms with E-state index in [2.05, 4.69) is 19.9 Å². The van der Waals surface area contributed by atoms with Gasteiger partial charge in [-0.05, 0) is 37.0 Å². The van der Waals surface area contributed by atoms with E-state index in [1.807, 2.05) is 36.4 Å². The summed E-state index contributed by atoms with van der Waals surface area (Å²) in [5.41, 5.74) is 1.94. The van der Waals surface area contributed by atoms with Crippen molar-refractivity contribution in [2.45, 2.75) is 13.3 Å². The maximum absolute atomic E-state index is 12.9. The van der Waals surface area contributed by atoms with E-state index < -0.39 is 0 Å². The second-order valence-corrected chi connectivity index (χ2v) is 6.32. The van der Waals surface area contributed by atoms with Gasteiger partial charge in [0.25, 0.3) is 0 Å². The molecule has 0 radical (unpaired) electrons. The fraction of sp³-hybridized carbons (Fsp3) is 0.412.